The Labute approximate surface area is 70.2 Å². The fourth-order valence-electron chi connectivity index (χ4n) is 1.68. The molecule has 1 nitrogen and oxygen atoms in total. The highest BCUT2D eigenvalue weighted by atomic mass is 16.1. The van der Waals surface area contributed by atoms with Crippen LogP contribution < -0.4 is 0 Å². The lowest BCUT2D eigenvalue weighted by Crippen LogP contribution is -2.20. The van der Waals surface area contributed by atoms with Crippen molar-refractivity contribution < 1.29 is 4.79 Å². The van der Waals surface area contributed by atoms with Crippen molar-refractivity contribution in [1.29, 1.82) is 0 Å². The van der Waals surface area contributed by atoms with Crippen molar-refractivity contribution >= 4 is 6.29 Å². The number of rotatable bonds is 6. The molecule has 0 aromatic rings. The molecule has 0 aliphatic carbocycles. The molecule has 0 amide bonds. The second-order valence-electron chi connectivity index (χ2n) is 3.33. The van der Waals surface area contributed by atoms with Gasteiger partial charge in [0.25, 0.3) is 0 Å². The molecule has 0 atom stereocenters. The van der Waals surface area contributed by atoms with Crippen LogP contribution in [0.5, 0.6) is 0 Å². The molecule has 0 N–H and O–H groups in total. The SMILES string of the molecule is CCCC(C=O)(CC)CCC. The van der Waals surface area contributed by atoms with E-state index in [1.54, 1.807) is 0 Å². The minimum Gasteiger partial charge on any atom is -0.303 e. The van der Waals surface area contributed by atoms with Gasteiger partial charge in [-0.05, 0) is 19.3 Å². The third kappa shape index (κ3) is 3.04. The van der Waals surface area contributed by atoms with Crippen LogP contribution in [0, 0.1) is 5.41 Å². The van der Waals surface area contributed by atoms with Crippen molar-refractivity contribution in [1.82, 2.24) is 0 Å². The number of hydrogen-bond donors (Lipinski definition) is 0. The number of aldehydes is 1. The molecule has 0 aromatic heterocycles. The van der Waals surface area contributed by atoms with Gasteiger partial charge in [-0.15, -0.1) is 0 Å². The van der Waals surface area contributed by atoms with Gasteiger partial charge in [0.15, 0.2) is 0 Å². The Bertz CT molecular complexity index is 101. The molecule has 0 saturated heterocycles. The molecule has 0 aliphatic heterocycles. The molecular formula is C10H20O. The third-order valence-corrected chi connectivity index (χ3v) is 2.45. The number of carbonyl (C=O) groups excluding carboxylic acids is 1. The number of carbonyl (C=O) groups is 1. The second-order valence-corrected chi connectivity index (χ2v) is 3.33. The molecule has 0 saturated carbocycles. The highest BCUT2D eigenvalue weighted by Crippen LogP contribution is 2.30. The van der Waals surface area contributed by atoms with Gasteiger partial charge in [-0.1, -0.05) is 33.6 Å². The molecule has 0 unspecified atom stereocenters. The zero-order valence-corrected chi connectivity index (χ0v) is 8.02. The van der Waals surface area contributed by atoms with Crippen molar-refractivity contribution in [3.05, 3.63) is 0 Å². The Kier molecular flexibility index (Phi) is 5.18. The minimum atomic E-state index is 0.00347. The summed E-state index contributed by atoms with van der Waals surface area (Å²) in [6.07, 6.45) is 6.51. The normalized spacial score (nSPS) is 11.5. The fourth-order valence-corrected chi connectivity index (χ4v) is 1.68. The maximum absolute atomic E-state index is 10.8. The topological polar surface area (TPSA) is 17.1 Å². The first-order valence-electron chi connectivity index (χ1n) is 4.71. The summed E-state index contributed by atoms with van der Waals surface area (Å²) in [5.74, 6) is 0. The molecule has 0 spiro atoms. The summed E-state index contributed by atoms with van der Waals surface area (Å²) in [4.78, 5) is 10.8. The van der Waals surface area contributed by atoms with Crippen LogP contribution in [0.4, 0.5) is 0 Å². The van der Waals surface area contributed by atoms with Crippen LogP contribution >= 0.6 is 0 Å². The highest BCUT2D eigenvalue weighted by molar-refractivity contribution is 5.59. The van der Waals surface area contributed by atoms with Crippen molar-refractivity contribution in [3.8, 4) is 0 Å². The standard InChI is InChI=1S/C10H20O/c1-4-7-10(6-3,9-11)8-5-2/h9H,4-8H2,1-3H3. The molecule has 0 bridgehead atoms. The van der Waals surface area contributed by atoms with Crippen molar-refractivity contribution in [2.75, 3.05) is 0 Å². The lowest BCUT2D eigenvalue weighted by molar-refractivity contribution is -0.117. The Balaban J connectivity index is 4.07. The summed E-state index contributed by atoms with van der Waals surface area (Å²) in [7, 11) is 0. The molecule has 66 valence electrons. The van der Waals surface area contributed by atoms with Crippen LogP contribution in [0.2, 0.25) is 0 Å². The van der Waals surface area contributed by atoms with Gasteiger partial charge in [-0.25, -0.2) is 0 Å². The van der Waals surface area contributed by atoms with Crippen LogP contribution in [0.15, 0.2) is 0 Å². The van der Waals surface area contributed by atoms with Crippen LogP contribution in [-0.4, -0.2) is 6.29 Å². The summed E-state index contributed by atoms with van der Waals surface area (Å²) >= 11 is 0. The predicted molar refractivity (Wildman–Crippen MR) is 48.6 cm³/mol. The zero-order chi connectivity index (χ0) is 8.74. The first-order chi connectivity index (χ1) is 5.24. The van der Waals surface area contributed by atoms with E-state index in [9.17, 15) is 4.79 Å². The zero-order valence-electron chi connectivity index (χ0n) is 8.02. The maximum Gasteiger partial charge on any atom is 0.126 e. The first-order valence-corrected chi connectivity index (χ1v) is 4.71. The molecule has 0 aliphatic rings. The van der Waals surface area contributed by atoms with Gasteiger partial charge in [0.05, 0.1) is 0 Å². The van der Waals surface area contributed by atoms with Gasteiger partial charge >= 0.3 is 0 Å². The van der Waals surface area contributed by atoms with E-state index < -0.39 is 0 Å². The van der Waals surface area contributed by atoms with E-state index in [0.29, 0.717) is 0 Å². The molecule has 0 radical (unpaired) electrons. The van der Waals surface area contributed by atoms with E-state index in [4.69, 9.17) is 0 Å². The van der Waals surface area contributed by atoms with E-state index in [1.807, 2.05) is 0 Å². The van der Waals surface area contributed by atoms with E-state index >= 15 is 0 Å². The quantitative estimate of drug-likeness (QED) is 0.540. The maximum atomic E-state index is 10.8. The van der Waals surface area contributed by atoms with Crippen molar-refractivity contribution in [2.45, 2.75) is 52.9 Å². The Morgan fingerprint density at radius 3 is 1.73 bits per heavy atom. The predicted octanol–water partition coefficient (Wildman–Crippen LogP) is 3.18. The minimum absolute atomic E-state index is 0.00347. The van der Waals surface area contributed by atoms with Crippen molar-refractivity contribution in [2.24, 2.45) is 5.41 Å². The molecule has 0 fully saturated rings. The largest absolute Gasteiger partial charge is 0.303 e. The first kappa shape index (κ1) is 10.7. The molecule has 11 heavy (non-hydrogen) atoms. The lowest BCUT2D eigenvalue weighted by Gasteiger charge is -2.25. The van der Waals surface area contributed by atoms with Crippen LogP contribution in [0.3, 0.4) is 0 Å². The van der Waals surface area contributed by atoms with Gasteiger partial charge in [0, 0.05) is 5.41 Å². The molecule has 1 heteroatoms. The van der Waals surface area contributed by atoms with E-state index in [0.717, 1.165) is 32.1 Å². The van der Waals surface area contributed by atoms with Crippen LogP contribution in [0.1, 0.15) is 52.9 Å². The summed E-state index contributed by atoms with van der Waals surface area (Å²) in [5.41, 5.74) is 0.00347. The lowest BCUT2D eigenvalue weighted by atomic mass is 9.78. The van der Waals surface area contributed by atoms with Crippen molar-refractivity contribution in [3.63, 3.8) is 0 Å². The van der Waals surface area contributed by atoms with E-state index in [2.05, 4.69) is 20.8 Å². The molecule has 0 rings (SSSR count). The van der Waals surface area contributed by atoms with Crippen LogP contribution in [0.25, 0.3) is 0 Å². The smallest absolute Gasteiger partial charge is 0.126 e. The molecular weight excluding hydrogens is 136 g/mol. The van der Waals surface area contributed by atoms with Gasteiger partial charge in [-0.2, -0.15) is 0 Å². The van der Waals surface area contributed by atoms with Crippen LogP contribution in [-0.2, 0) is 4.79 Å². The van der Waals surface area contributed by atoms with Gasteiger partial charge < -0.3 is 4.79 Å². The highest BCUT2D eigenvalue weighted by Gasteiger charge is 2.24. The monoisotopic (exact) mass is 156 g/mol. The van der Waals surface area contributed by atoms with Gasteiger partial charge in [0.1, 0.15) is 6.29 Å². The average molecular weight is 156 g/mol. The van der Waals surface area contributed by atoms with E-state index in [1.165, 1.54) is 6.29 Å². The average Bonchev–Trinajstić information content (AvgIpc) is 2.04. The van der Waals surface area contributed by atoms with Gasteiger partial charge in [-0.3, -0.25) is 0 Å². The van der Waals surface area contributed by atoms with Gasteiger partial charge in [0.2, 0.25) is 0 Å². The second kappa shape index (κ2) is 5.34. The number of hydrogen-bond acceptors (Lipinski definition) is 1. The fraction of sp³-hybridized carbons (Fsp3) is 0.900. The third-order valence-electron chi connectivity index (χ3n) is 2.45. The molecule has 0 aromatic carbocycles. The molecule has 0 heterocycles. The summed E-state index contributed by atoms with van der Waals surface area (Å²) in [6.45, 7) is 6.40. The summed E-state index contributed by atoms with van der Waals surface area (Å²) in [6, 6.07) is 0. The summed E-state index contributed by atoms with van der Waals surface area (Å²) in [5, 5.41) is 0. The Morgan fingerprint density at radius 2 is 1.55 bits per heavy atom. The summed E-state index contributed by atoms with van der Waals surface area (Å²) < 4.78 is 0. The Hall–Kier alpha value is -0.330. The Morgan fingerprint density at radius 1 is 1.09 bits per heavy atom. The van der Waals surface area contributed by atoms with E-state index in [-0.39, 0.29) is 5.41 Å².